The Labute approximate surface area is 146 Å². The predicted molar refractivity (Wildman–Crippen MR) is 94.8 cm³/mol. The fourth-order valence-electron chi connectivity index (χ4n) is 2.74. The van der Waals surface area contributed by atoms with Gasteiger partial charge in [-0.1, -0.05) is 23.8 Å². The van der Waals surface area contributed by atoms with E-state index in [1.165, 1.54) is 12.1 Å². The van der Waals surface area contributed by atoms with Crippen LogP contribution in [0.1, 0.15) is 16.7 Å². The van der Waals surface area contributed by atoms with Crippen molar-refractivity contribution >= 4 is 21.7 Å². The number of carbonyl (C=O) groups is 1. The van der Waals surface area contributed by atoms with Gasteiger partial charge >= 0.3 is 5.97 Å². The highest BCUT2D eigenvalue weighted by molar-refractivity contribution is 7.92. The highest BCUT2D eigenvalue weighted by atomic mass is 32.2. The molecule has 0 aliphatic carbocycles. The van der Waals surface area contributed by atoms with E-state index >= 15 is 0 Å². The summed E-state index contributed by atoms with van der Waals surface area (Å²) in [4.78, 5) is 11.8. The molecule has 2 rings (SSSR count). The molecule has 1 N–H and O–H groups in total. The Bertz CT molecular complexity index is 878. The van der Waals surface area contributed by atoms with Crippen LogP contribution < -0.4 is 4.31 Å². The average Bonchev–Trinajstić information content (AvgIpc) is 2.49. The first-order valence-electron chi connectivity index (χ1n) is 7.63. The van der Waals surface area contributed by atoms with Gasteiger partial charge in [-0.25, -0.2) is 17.6 Å². The van der Waals surface area contributed by atoms with Crippen molar-refractivity contribution in [2.45, 2.75) is 26.3 Å². The van der Waals surface area contributed by atoms with Gasteiger partial charge in [-0.3, -0.25) is 4.31 Å². The number of carboxylic acid groups (broad SMARTS) is 1. The van der Waals surface area contributed by atoms with E-state index in [0.29, 0.717) is 0 Å². The molecule has 0 saturated carbocycles. The Kier molecular flexibility index (Phi) is 5.47. The first-order valence-corrected chi connectivity index (χ1v) is 9.48. The molecular weight excluding hydrogens is 345 g/mol. The van der Waals surface area contributed by atoms with Gasteiger partial charge < -0.3 is 5.11 Å². The number of carboxylic acids is 1. The number of nitrogens with zero attached hydrogens (tertiary/aromatic N) is 1. The van der Waals surface area contributed by atoms with Crippen molar-refractivity contribution in [3.8, 4) is 0 Å². The van der Waals surface area contributed by atoms with Crippen molar-refractivity contribution in [1.29, 1.82) is 0 Å². The highest BCUT2D eigenvalue weighted by Gasteiger charge is 2.33. The Balaban J connectivity index is 2.50. The van der Waals surface area contributed by atoms with Gasteiger partial charge in [0.05, 0.1) is 11.9 Å². The number of hydrogen-bond acceptors (Lipinski definition) is 3. The van der Waals surface area contributed by atoms with E-state index < -0.39 is 27.9 Å². The molecule has 0 aliphatic rings. The minimum atomic E-state index is -3.89. The lowest BCUT2D eigenvalue weighted by Gasteiger charge is -2.29. The number of aryl methyl sites for hydroxylation is 2. The number of benzene rings is 2. The van der Waals surface area contributed by atoms with Gasteiger partial charge in [0.1, 0.15) is 11.9 Å². The van der Waals surface area contributed by atoms with Gasteiger partial charge in [0, 0.05) is 6.42 Å². The quantitative estimate of drug-likeness (QED) is 0.854. The van der Waals surface area contributed by atoms with Gasteiger partial charge in [0.2, 0.25) is 10.0 Å². The predicted octanol–water partition coefficient (Wildman–Crippen LogP) is 2.90. The van der Waals surface area contributed by atoms with Gasteiger partial charge in [-0.05, 0) is 49.2 Å². The Hall–Kier alpha value is -2.41. The van der Waals surface area contributed by atoms with Crippen LogP contribution in [-0.2, 0) is 21.2 Å². The molecule has 1 atom stereocenters. The van der Waals surface area contributed by atoms with Crippen molar-refractivity contribution in [1.82, 2.24) is 0 Å². The Morgan fingerprint density at radius 1 is 1.16 bits per heavy atom. The SMILES string of the molecule is Cc1ccc(C[C@@H](C(=O)O)N(c2ccc(F)cc2)S(C)(=O)=O)c(C)c1. The van der Waals surface area contributed by atoms with Crippen LogP contribution in [0.2, 0.25) is 0 Å². The summed E-state index contributed by atoms with van der Waals surface area (Å²) in [5, 5.41) is 9.65. The summed E-state index contributed by atoms with van der Waals surface area (Å²) in [6, 6.07) is 8.95. The molecule has 2 aromatic rings. The Morgan fingerprint density at radius 3 is 2.24 bits per heavy atom. The summed E-state index contributed by atoms with van der Waals surface area (Å²) in [7, 11) is -3.89. The van der Waals surface area contributed by atoms with E-state index in [1.54, 1.807) is 6.07 Å². The lowest BCUT2D eigenvalue weighted by molar-refractivity contribution is -0.138. The molecule has 5 nitrogen and oxygen atoms in total. The van der Waals surface area contributed by atoms with E-state index in [1.807, 2.05) is 26.0 Å². The first-order chi connectivity index (χ1) is 11.6. The molecule has 0 heterocycles. The van der Waals surface area contributed by atoms with E-state index in [9.17, 15) is 22.7 Å². The molecule has 0 unspecified atom stereocenters. The average molecular weight is 365 g/mol. The van der Waals surface area contributed by atoms with Crippen molar-refractivity contribution in [2.24, 2.45) is 0 Å². The molecule has 0 spiro atoms. The zero-order valence-electron chi connectivity index (χ0n) is 14.2. The second-order valence-corrected chi connectivity index (χ2v) is 7.88. The van der Waals surface area contributed by atoms with E-state index in [4.69, 9.17) is 0 Å². The summed E-state index contributed by atoms with van der Waals surface area (Å²) >= 11 is 0. The molecule has 25 heavy (non-hydrogen) atoms. The summed E-state index contributed by atoms with van der Waals surface area (Å²) < 4.78 is 38.5. The van der Waals surface area contributed by atoms with Crippen LogP contribution in [0.25, 0.3) is 0 Å². The van der Waals surface area contributed by atoms with Gasteiger partial charge in [-0.2, -0.15) is 0 Å². The number of anilines is 1. The maximum atomic E-state index is 13.2. The maximum Gasteiger partial charge on any atom is 0.327 e. The summed E-state index contributed by atoms with van der Waals surface area (Å²) in [5.41, 5.74) is 2.78. The first kappa shape index (κ1) is 18.9. The zero-order chi connectivity index (χ0) is 18.8. The fraction of sp³-hybridized carbons (Fsp3) is 0.278. The standard InChI is InChI=1S/C18H20FNO4S/c1-12-4-5-14(13(2)10-12)11-17(18(21)22)20(25(3,23)24)16-8-6-15(19)7-9-16/h4-10,17H,11H2,1-3H3,(H,21,22)/t17-/m0/s1. The molecule has 0 amide bonds. The number of rotatable bonds is 6. The number of hydrogen-bond donors (Lipinski definition) is 1. The van der Waals surface area contributed by atoms with Crippen LogP contribution in [0.15, 0.2) is 42.5 Å². The molecule has 0 bridgehead atoms. The number of aliphatic carboxylic acids is 1. The van der Waals surface area contributed by atoms with Crippen LogP contribution in [0, 0.1) is 19.7 Å². The largest absolute Gasteiger partial charge is 0.480 e. The second-order valence-electron chi connectivity index (χ2n) is 6.02. The number of halogens is 1. The lowest BCUT2D eigenvalue weighted by atomic mass is 9.99. The molecular formula is C18H20FNO4S. The van der Waals surface area contributed by atoms with Crippen LogP contribution in [0.5, 0.6) is 0 Å². The molecule has 0 saturated heterocycles. The van der Waals surface area contributed by atoms with Crippen molar-refractivity contribution < 1.29 is 22.7 Å². The monoisotopic (exact) mass is 365 g/mol. The van der Waals surface area contributed by atoms with Gasteiger partial charge in [-0.15, -0.1) is 0 Å². The van der Waals surface area contributed by atoms with Crippen LogP contribution in [-0.4, -0.2) is 31.8 Å². The summed E-state index contributed by atoms with van der Waals surface area (Å²) in [5.74, 6) is -1.80. The second kappa shape index (κ2) is 7.23. The van der Waals surface area contributed by atoms with E-state index in [0.717, 1.165) is 39.4 Å². The van der Waals surface area contributed by atoms with E-state index in [-0.39, 0.29) is 12.1 Å². The minimum absolute atomic E-state index is 0.00585. The lowest BCUT2D eigenvalue weighted by Crippen LogP contribution is -2.46. The third kappa shape index (κ3) is 4.57. The highest BCUT2D eigenvalue weighted by Crippen LogP contribution is 2.24. The van der Waals surface area contributed by atoms with Crippen molar-refractivity contribution in [3.05, 3.63) is 65.0 Å². The Morgan fingerprint density at radius 2 is 1.76 bits per heavy atom. The van der Waals surface area contributed by atoms with Gasteiger partial charge in [0.15, 0.2) is 0 Å². The van der Waals surface area contributed by atoms with Crippen LogP contribution in [0.3, 0.4) is 0 Å². The molecule has 0 radical (unpaired) electrons. The van der Waals surface area contributed by atoms with Crippen molar-refractivity contribution in [3.63, 3.8) is 0 Å². The molecule has 0 fully saturated rings. The summed E-state index contributed by atoms with van der Waals surface area (Å²) in [6.07, 6.45) is 0.945. The summed E-state index contributed by atoms with van der Waals surface area (Å²) in [6.45, 7) is 3.77. The molecule has 7 heteroatoms. The molecule has 0 aromatic heterocycles. The van der Waals surface area contributed by atoms with E-state index in [2.05, 4.69) is 0 Å². The smallest absolute Gasteiger partial charge is 0.327 e. The molecule has 0 aliphatic heterocycles. The zero-order valence-corrected chi connectivity index (χ0v) is 15.0. The fourth-order valence-corrected chi connectivity index (χ4v) is 3.88. The maximum absolute atomic E-state index is 13.2. The normalized spacial score (nSPS) is 12.6. The van der Waals surface area contributed by atoms with Crippen molar-refractivity contribution in [2.75, 3.05) is 10.6 Å². The van der Waals surface area contributed by atoms with Crippen LogP contribution >= 0.6 is 0 Å². The number of sulfonamides is 1. The minimum Gasteiger partial charge on any atom is -0.480 e. The molecule has 2 aromatic carbocycles. The third-order valence-electron chi connectivity index (χ3n) is 3.92. The van der Waals surface area contributed by atoms with Crippen LogP contribution in [0.4, 0.5) is 10.1 Å². The topological polar surface area (TPSA) is 74.7 Å². The molecule has 134 valence electrons. The third-order valence-corrected chi connectivity index (χ3v) is 5.10. The van der Waals surface area contributed by atoms with Gasteiger partial charge in [0.25, 0.3) is 0 Å².